The van der Waals surface area contributed by atoms with Crippen LogP contribution in [0.3, 0.4) is 0 Å². The van der Waals surface area contributed by atoms with Crippen LogP contribution in [0.1, 0.15) is 47.0 Å². The zero-order valence-electron chi connectivity index (χ0n) is 15.5. The minimum absolute atomic E-state index is 0.00296. The minimum atomic E-state index is -1.13. The average molecular weight is 351 g/mol. The van der Waals surface area contributed by atoms with Crippen molar-refractivity contribution < 1.29 is 24.5 Å². The molecule has 140 valence electrons. The SMILES string of the molecule is C=CCOC(=O)[C@@H](CO)N=C(CC(C)C)C1=C(O)CC(C)(C)CC1=O. The van der Waals surface area contributed by atoms with Crippen LogP contribution in [0, 0.1) is 11.3 Å². The molecule has 0 aliphatic heterocycles. The van der Waals surface area contributed by atoms with E-state index in [-0.39, 0.29) is 35.1 Å². The molecule has 0 heterocycles. The quantitative estimate of drug-likeness (QED) is 0.398. The Hall–Kier alpha value is -1.95. The van der Waals surface area contributed by atoms with Crippen molar-refractivity contribution in [3.05, 3.63) is 24.0 Å². The second-order valence-electron chi connectivity index (χ2n) is 7.55. The van der Waals surface area contributed by atoms with Crippen molar-refractivity contribution in [2.75, 3.05) is 13.2 Å². The molecule has 6 heteroatoms. The average Bonchev–Trinajstić information content (AvgIpc) is 2.47. The molecule has 1 aliphatic rings. The van der Waals surface area contributed by atoms with Crippen molar-refractivity contribution in [2.24, 2.45) is 16.3 Å². The molecular weight excluding hydrogens is 322 g/mol. The molecule has 1 atom stereocenters. The molecule has 0 radical (unpaired) electrons. The third-order valence-corrected chi connectivity index (χ3v) is 3.84. The van der Waals surface area contributed by atoms with Crippen LogP contribution in [-0.4, -0.2) is 46.9 Å². The van der Waals surface area contributed by atoms with E-state index >= 15 is 0 Å². The maximum atomic E-state index is 12.6. The summed E-state index contributed by atoms with van der Waals surface area (Å²) >= 11 is 0. The van der Waals surface area contributed by atoms with Crippen LogP contribution in [0.25, 0.3) is 0 Å². The molecule has 0 aromatic rings. The Bertz CT molecular complexity index is 587. The van der Waals surface area contributed by atoms with Gasteiger partial charge in [0.1, 0.15) is 12.4 Å². The Morgan fingerprint density at radius 3 is 2.52 bits per heavy atom. The minimum Gasteiger partial charge on any atom is -0.511 e. The second-order valence-corrected chi connectivity index (χ2v) is 7.55. The fourth-order valence-corrected chi connectivity index (χ4v) is 2.82. The van der Waals surface area contributed by atoms with Gasteiger partial charge in [-0.2, -0.15) is 0 Å². The topological polar surface area (TPSA) is 96.2 Å². The van der Waals surface area contributed by atoms with E-state index in [9.17, 15) is 19.8 Å². The molecule has 0 aromatic carbocycles. The molecule has 6 nitrogen and oxygen atoms in total. The lowest BCUT2D eigenvalue weighted by Gasteiger charge is -2.30. The van der Waals surface area contributed by atoms with Gasteiger partial charge in [0.2, 0.25) is 0 Å². The van der Waals surface area contributed by atoms with Gasteiger partial charge in [-0.15, -0.1) is 0 Å². The van der Waals surface area contributed by atoms with E-state index in [0.29, 0.717) is 25.0 Å². The summed E-state index contributed by atoms with van der Waals surface area (Å²) in [6, 6.07) is -1.13. The number of hydrogen-bond acceptors (Lipinski definition) is 6. The predicted molar refractivity (Wildman–Crippen MR) is 96.6 cm³/mol. The normalized spacial score (nSPS) is 19.1. The number of ether oxygens (including phenoxy) is 1. The lowest BCUT2D eigenvalue weighted by molar-refractivity contribution is -0.144. The molecule has 0 bridgehead atoms. The summed E-state index contributed by atoms with van der Waals surface area (Å²) in [6.45, 7) is 10.7. The Balaban J connectivity index is 3.25. The van der Waals surface area contributed by atoms with E-state index in [2.05, 4.69) is 11.6 Å². The molecule has 1 rings (SSSR count). The second kappa shape index (κ2) is 8.94. The van der Waals surface area contributed by atoms with Crippen LogP contribution in [-0.2, 0) is 14.3 Å². The largest absolute Gasteiger partial charge is 0.511 e. The van der Waals surface area contributed by atoms with Crippen molar-refractivity contribution in [3.63, 3.8) is 0 Å². The fraction of sp³-hybridized carbons (Fsp3) is 0.632. The summed E-state index contributed by atoms with van der Waals surface area (Å²) in [7, 11) is 0. The Morgan fingerprint density at radius 1 is 1.40 bits per heavy atom. The first-order valence-corrected chi connectivity index (χ1v) is 8.52. The van der Waals surface area contributed by atoms with Gasteiger partial charge < -0.3 is 14.9 Å². The van der Waals surface area contributed by atoms with E-state index in [4.69, 9.17) is 4.74 Å². The van der Waals surface area contributed by atoms with Gasteiger partial charge in [0.05, 0.1) is 17.9 Å². The first-order chi connectivity index (χ1) is 11.6. The molecule has 0 saturated heterocycles. The van der Waals surface area contributed by atoms with Gasteiger partial charge in [0.25, 0.3) is 0 Å². The lowest BCUT2D eigenvalue weighted by Crippen LogP contribution is -2.32. The number of esters is 1. The van der Waals surface area contributed by atoms with Crippen molar-refractivity contribution in [1.82, 2.24) is 0 Å². The molecule has 0 aromatic heterocycles. The standard InChI is InChI=1S/C19H29NO5/c1-6-7-25-18(24)14(11-21)20-13(8-12(2)3)17-15(22)9-19(4,5)10-16(17)23/h6,12,14,21-22H,1,7-11H2,2-5H3/t14-/m1/s1. The smallest absolute Gasteiger partial charge is 0.333 e. The van der Waals surface area contributed by atoms with Crippen molar-refractivity contribution in [2.45, 2.75) is 53.0 Å². The first kappa shape index (κ1) is 21.1. The summed E-state index contributed by atoms with van der Waals surface area (Å²) in [5, 5.41) is 19.9. The molecule has 2 N–H and O–H groups in total. The molecule has 0 amide bonds. The summed E-state index contributed by atoms with van der Waals surface area (Å²) < 4.78 is 4.94. The van der Waals surface area contributed by atoms with Gasteiger partial charge in [-0.25, -0.2) is 4.79 Å². The number of carbonyl (C=O) groups excluding carboxylic acids is 2. The van der Waals surface area contributed by atoms with Crippen LogP contribution in [0.5, 0.6) is 0 Å². The molecular formula is C19H29NO5. The maximum Gasteiger partial charge on any atom is 0.333 e. The first-order valence-electron chi connectivity index (χ1n) is 8.52. The van der Waals surface area contributed by atoms with Gasteiger partial charge in [-0.3, -0.25) is 9.79 Å². The summed E-state index contributed by atoms with van der Waals surface area (Å²) in [4.78, 5) is 28.8. The van der Waals surface area contributed by atoms with Crippen molar-refractivity contribution >= 4 is 17.5 Å². The molecule has 0 unspecified atom stereocenters. The van der Waals surface area contributed by atoms with Crippen LogP contribution in [0.15, 0.2) is 29.0 Å². The Labute approximate surface area is 149 Å². The lowest BCUT2D eigenvalue weighted by atomic mass is 9.75. The summed E-state index contributed by atoms with van der Waals surface area (Å²) in [6.07, 6.45) is 2.51. The van der Waals surface area contributed by atoms with E-state index in [1.165, 1.54) is 6.08 Å². The van der Waals surface area contributed by atoms with Gasteiger partial charge in [0, 0.05) is 12.8 Å². The molecule has 0 saturated carbocycles. The molecule has 1 aliphatic carbocycles. The Kier molecular flexibility index (Phi) is 7.55. The highest BCUT2D eigenvalue weighted by Gasteiger charge is 2.35. The summed E-state index contributed by atoms with van der Waals surface area (Å²) in [5.41, 5.74) is 0.220. The zero-order chi connectivity index (χ0) is 19.2. The monoisotopic (exact) mass is 351 g/mol. The van der Waals surface area contributed by atoms with Crippen LogP contribution < -0.4 is 0 Å². The van der Waals surface area contributed by atoms with Crippen LogP contribution in [0.4, 0.5) is 0 Å². The number of rotatable bonds is 8. The summed E-state index contributed by atoms with van der Waals surface area (Å²) in [5.74, 6) is -0.723. The molecule has 0 spiro atoms. The number of hydrogen-bond donors (Lipinski definition) is 2. The highest BCUT2D eigenvalue weighted by atomic mass is 16.5. The number of nitrogens with zero attached hydrogens (tertiary/aromatic N) is 1. The number of carbonyl (C=O) groups is 2. The van der Waals surface area contributed by atoms with E-state index < -0.39 is 18.6 Å². The number of Topliss-reactive ketones (excluding diaryl/α,β-unsaturated/α-hetero) is 1. The van der Waals surface area contributed by atoms with E-state index in [1.807, 2.05) is 27.7 Å². The zero-order valence-corrected chi connectivity index (χ0v) is 15.5. The van der Waals surface area contributed by atoms with Crippen LogP contribution >= 0.6 is 0 Å². The highest BCUT2D eigenvalue weighted by molar-refractivity contribution is 6.23. The van der Waals surface area contributed by atoms with Gasteiger partial charge in [-0.05, 0) is 17.8 Å². The van der Waals surface area contributed by atoms with Crippen molar-refractivity contribution in [1.29, 1.82) is 0 Å². The van der Waals surface area contributed by atoms with Crippen molar-refractivity contribution in [3.8, 4) is 0 Å². The van der Waals surface area contributed by atoms with Gasteiger partial charge >= 0.3 is 5.97 Å². The van der Waals surface area contributed by atoms with Gasteiger partial charge in [0.15, 0.2) is 11.8 Å². The molecule has 25 heavy (non-hydrogen) atoms. The highest BCUT2D eigenvalue weighted by Crippen LogP contribution is 2.36. The molecule has 0 fully saturated rings. The number of aliphatic imine (C=N–C) groups is 1. The number of aliphatic hydroxyl groups excluding tert-OH is 2. The number of allylic oxidation sites excluding steroid dienone is 2. The van der Waals surface area contributed by atoms with Crippen LogP contribution in [0.2, 0.25) is 0 Å². The van der Waals surface area contributed by atoms with E-state index in [1.54, 1.807) is 0 Å². The number of ketones is 1. The number of aliphatic hydroxyl groups is 2. The van der Waals surface area contributed by atoms with Gasteiger partial charge in [-0.1, -0.05) is 40.3 Å². The third-order valence-electron chi connectivity index (χ3n) is 3.84. The maximum absolute atomic E-state index is 12.6. The third kappa shape index (κ3) is 6.12. The Morgan fingerprint density at radius 2 is 2.04 bits per heavy atom. The fourth-order valence-electron chi connectivity index (χ4n) is 2.82. The predicted octanol–water partition coefficient (Wildman–Crippen LogP) is 2.76. The van der Waals surface area contributed by atoms with E-state index in [0.717, 1.165) is 0 Å².